The molecule has 8 nitrogen and oxygen atoms in total. The molecule has 0 fully saturated rings. The van der Waals surface area contributed by atoms with Crippen LogP contribution in [0.4, 0.5) is 0 Å². The molecule has 0 radical (unpaired) electrons. The lowest BCUT2D eigenvalue weighted by Gasteiger charge is -2.30. The monoisotopic (exact) mass is 476 g/mol. The summed E-state index contributed by atoms with van der Waals surface area (Å²) in [6.07, 6.45) is 2.62. The molecule has 0 spiro atoms. The van der Waals surface area contributed by atoms with Gasteiger partial charge in [0.25, 0.3) is 5.91 Å². The first-order valence-corrected chi connectivity index (χ1v) is 12.1. The molecule has 33 heavy (non-hydrogen) atoms. The third-order valence-corrected chi connectivity index (χ3v) is 6.82. The summed E-state index contributed by atoms with van der Waals surface area (Å²) in [5, 5.41) is 9.33. The predicted octanol–water partition coefficient (Wildman–Crippen LogP) is 3.76. The second-order valence-electron chi connectivity index (χ2n) is 7.92. The molecule has 1 atom stereocenters. The van der Waals surface area contributed by atoms with E-state index in [2.05, 4.69) is 6.58 Å². The standard InChI is InChI=1S/C24H32N2O6S/c1-5-6-14-32-20-10-12-22(13-11-20)33(29,30)26(23(15-18(2)3)24(27)25-28)17-19-8-7-9-21(16-19)31-4/h5,7-13,16,18,23,28H,1,6,14-15,17H2,2-4H3,(H,25,27)/t23-/m1/s1. The first-order chi connectivity index (χ1) is 15.7. The summed E-state index contributed by atoms with van der Waals surface area (Å²) in [4.78, 5) is 12.6. The summed E-state index contributed by atoms with van der Waals surface area (Å²) >= 11 is 0. The molecule has 0 aromatic heterocycles. The number of hydrogen-bond donors (Lipinski definition) is 2. The summed E-state index contributed by atoms with van der Waals surface area (Å²) in [5.41, 5.74) is 2.26. The van der Waals surface area contributed by atoms with Gasteiger partial charge in [-0.25, -0.2) is 13.9 Å². The molecular weight excluding hydrogens is 444 g/mol. The molecule has 0 unspecified atom stereocenters. The Kier molecular flexibility index (Phi) is 9.90. The molecular formula is C24H32N2O6S. The number of nitrogens with zero attached hydrogens (tertiary/aromatic N) is 1. The van der Waals surface area contributed by atoms with E-state index in [1.807, 2.05) is 13.8 Å². The van der Waals surface area contributed by atoms with Crippen LogP contribution in [0.1, 0.15) is 32.3 Å². The van der Waals surface area contributed by atoms with E-state index in [1.54, 1.807) is 48.0 Å². The molecule has 2 aromatic rings. The summed E-state index contributed by atoms with van der Waals surface area (Å²) in [7, 11) is -2.59. The van der Waals surface area contributed by atoms with Gasteiger partial charge in [0.15, 0.2) is 0 Å². The van der Waals surface area contributed by atoms with Crippen molar-refractivity contribution in [2.45, 2.75) is 44.2 Å². The van der Waals surface area contributed by atoms with E-state index < -0.39 is 22.0 Å². The van der Waals surface area contributed by atoms with E-state index in [4.69, 9.17) is 9.47 Å². The Morgan fingerprint density at radius 1 is 1.18 bits per heavy atom. The normalized spacial score (nSPS) is 12.4. The molecule has 2 rings (SSSR count). The Morgan fingerprint density at radius 2 is 1.88 bits per heavy atom. The van der Waals surface area contributed by atoms with Crippen molar-refractivity contribution in [3.8, 4) is 11.5 Å². The maximum atomic E-state index is 13.7. The SMILES string of the molecule is C=CCCOc1ccc(S(=O)(=O)N(Cc2cccc(OC)c2)[C@H](CC(C)C)C(=O)NO)cc1. The van der Waals surface area contributed by atoms with Crippen LogP contribution in [-0.4, -0.2) is 43.6 Å². The number of sulfonamides is 1. The minimum atomic E-state index is -4.11. The molecule has 0 aliphatic carbocycles. The average Bonchev–Trinajstić information content (AvgIpc) is 2.81. The molecule has 1 amide bonds. The fourth-order valence-electron chi connectivity index (χ4n) is 3.29. The zero-order valence-corrected chi connectivity index (χ0v) is 20.0. The molecule has 0 aliphatic rings. The van der Waals surface area contributed by atoms with Gasteiger partial charge in [0, 0.05) is 6.54 Å². The third kappa shape index (κ3) is 7.31. The van der Waals surface area contributed by atoms with E-state index in [0.29, 0.717) is 30.1 Å². The van der Waals surface area contributed by atoms with Crippen molar-refractivity contribution in [2.24, 2.45) is 5.92 Å². The largest absolute Gasteiger partial charge is 0.497 e. The number of carbonyl (C=O) groups is 1. The number of hydroxylamine groups is 1. The quantitative estimate of drug-likeness (QED) is 0.197. The Hall–Kier alpha value is -2.88. The van der Waals surface area contributed by atoms with Crippen LogP contribution in [0.3, 0.4) is 0 Å². The van der Waals surface area contributed by atoms with E-state index in [0.717, 1.165) is 4.31 Å². The van der Waals surface area contributed by atoms with Crippen LogP contribution in [0.5, 0.6) is 11.5 Å². The fourth-order valence-corrected chi connectivity index (χ4v) is 4.88. The van der Waals surface area contributed by atoms with Gasteiger partial charge >= 0.3 is 0 Å². The highest BCUT2D eigenvalue weighted by Crippen LogP contribution is 2.27. The van der Waals surface area contributed by atoms with Crippen LogP contribution in [-0.2, 0) is 21.4 Å². The van der Waals surface area contributed by atoms with Gasteiger partial charge in [-0.1, -0.05) is 32.1 Å². The van der Waals surface area contributed by atoms with Crippen LogP contribution in [0, 0.1) is 5.92 Å². The average molecular weight is 477 g/mol. The van der Waals surface area contributed by atoms with Crippen molar-refractivity contribution < 1.29 is 27.9 Å². The van der Waals surface area contributed by atoms with Crippen molar-refractivity contribution in [3.05, 3.63) is 66.7 Å². The predicted molar refractivity (Wildman–Crippen MR) is 126 cm³/mol. The van der Waals surface area contributed by atoms with Gasteiger partial charge in [-0.05, 0) is 60.7 Å². The Balaban J connectivity index is 2.47. The van der Waals surface area contributed by atoms with Gasteiger partial charge < -0.3 is 9.47 Å². The molecule has 9 heteroatoms. The molecule has 180 valence electrons. The summed E-state index contributed by atoms with van der Waals surface area (Å²) in [6.45, 7) is 7.75. The van der Waals surface area contributed by atoms with Crippen molar-refractivity contribution in [3.63, 3.8) is 0 Å². The third-order valence-electron chi connectivity index (χ3n) is 4.95. The van der Waals surface area contributed by atoms with Crippen LogP contribution in [0.25, 0.3) is 0 Å². The van der Waals surface area contributed by atoms with Gasteiger partial charge in [-0.2, -0.15) is 4.31 Å². The van der Waals surface area contributed by atoms with Crippen LogP contribution < -0.4 is 15.0 Å². The van der Waals surface area contributed by atoms with Crippen LogP contribution in [0.2, 0.25) is 0 Å². The number of ether oxygens (including phenoxy) is 2. The molecule has 2 N–H and O–H groups in total. The lowest BCUT2D eigenvalue weighted by atomic mass is 10.0. The van der Waals surface area contributed by atoms with Crippen molar-refractivity contribution in [2.75, 3.05) is 13.7 Å². The minimum Gasteiger partial charge on any atom is -0.497 e. The number of methoxy groups -OCH3 is 1. The second-order valence-corrected chi connectivity index (χ2v) is 9.81. The maximum Gasteiger partial charge on any atom is 0.261 e. The Morgan fingerprint density at radius 3 is 2.45 bits per heavy atom. The molecule has 2 aromatic carbocycles. The first kappa shape index (κ1) is 26.4. The molecule has 0 aliphatic heterocycles. The van der Waals surface area contributed by atoms with Gasteiger partial charge in [0.1, 0.15) is 17.5 Å². The molecule has 0 bridgehead atoms. The van der Waals surface area contributed by atoms with Crippen molar-refractivity contribution >= 4 is 15.9 Å². The van der Waals surface area contributed by atoms with Crippen molar-refractivity contribution in [1.82, 2.24) is 9.79 Å². The Labute approximate surface area is 195 Å². The van der Waals surface area contributed by atoms with Crippen LogP contribution >= 0.6 is 0 Å². The Bertz CT molecular complexity index is 1020. The van der Waals surface area contributed by atoms with Crippen molar-refractivity contribution in [1.29, 1.82) is 0 Å². The number of benzene rings is 2. The highest BCUT2D eigenvalue weighted by molar-refractivity contribution is 7.89. The number of rotatable bonds is 13. The molecule has 0 saturated carbocycles. The zero-order valence-electron chi connectivity index (χ0n) is 19.2. The molecule has 0 heterocycles. The maximum absolute atomic E-state index is 13.7. The zero-order chi connectivity index (χ0) is 24.4. The number of nitrogens with one attached hydrogen (secondary N) is 1. The van der Waals surface area contributed by atoms with Gasteiger partial charge in [0.05, 0.1) is 18.6 Å². The lowest BCUT2D eigenvalue weighted by Crippen LogP contribution is -2.49. The highest BCUT2D eigenvalue weighted by atomic mass is 32.2. The topological polar surface area (TPSA) is 105 Å². The second kappa shape index (κ2) is 12.4. The number of amides is 1. The number of carbonyl (C=O) groups excluding carboxylic acids is 1. The summed E-state index contributed by atoms with van der Waals surface area (Å²) in [6, 6.07) is 11.9. The fraction of sp³-hybridized carbons (Fsp3) is 0.375. The smallest absolute Gasteiger partial charge is 0.261 e. The van der Waals surface area contributed by atoms with E-state index in [1.165, 1.54) is 19.2 Å². The summed E-state index contributed by atoms with van der Waals surface area (Å²) < 4.78 is 39.3. The van der Waals surface area contributed by atoms with E-state index >= 15 is 0 Å². The van der Waals surface area contributed by atoms with Gasteiger partial charge in [0.2, 0.25) is 10.0 Å². The van der Waals surface area contributed by atoms with Gasteiger partial charge in [-0.15, -0.1) is 6.58 Å². The minimum absolute atomic E-state index is 0.00375. The number of hydrogen-bond acceptors (Lipinski definition) is 6. The highest BCUT2D eigenvalue weighted by Gasteiger charge is 2.36. The van der Waals surface area contributed by atoms with E-state index in [-0.39, 0.29) is 23.8 Å². The van der Waals surface area contributed by atoms with E-state index in [9.17, 15) is 18.4 Å². The first-order valence-electron chi connectivity index (χ1n) is 10.7. The molecule has 0 saturated heterocycles. The summed E-state index contributed by atoms with van der Waals surface area (Å²) in [5.74, 6) is 0.301. The lowest BCUT2D eigenvalue weighted by molar-refractivity contribution is -0.133. The van der Waals surface area contributed by atoms with Gasteiger partial charge in [-0.3, -0.25) is 10.0 Å². The van der Waals surface area contributed by atoms with Crippen LogP contribution in [0.15, 0.2) is 66.1 Å².